The molecule has 19 heavy (non-hydrogen) atoms. The Bertz CT molecular complexity index is 446. The first-order valence-electron chi connectivity index (χ1n) is 7.16. The Hall–Kier alpha value is -0.670. The van der Waals surface area contributed by atoms with Gasteiger partial charge < -0.3 is 0 Å². The third kappa shape index (κ3) is 3.67. The van der Waals surface area contributed by atoms with Gasteiger partial charge in [0.2, 0.25) is 0 Å². The van der Waals surface area contributed by atoms with E-state index in [0.717, 1.165) is 16.6 Å². The summed E-state index contributed by atoms with van der Waals surface area (Å²) in [6.07, 6.45) is 4.36. The topological polar surface area (TPSA) is 20.3 Å². The van der Waals surface area contributed by atoms with E-state index < -0.39 is 0 Å². The zero-order chi connectivity index (χ0) is 13.8. The highest BCUT2D eigenvalue weighted by Gasteiger charge is 2.29. The number of nitrogens with zero attached hydrogens (tertiary/aromatic N) is 1. The fourth-order valence-electron chi connectivity index (χ4n) is 3.00. The van der Waals surface area contributed by atoms with Gasteiger partial charge in [0.25, 0.3) is 0 Å². The van der Waals surface area contributed by atoms with Crippen LogP contribution in [-0.2, 0) is 0 Å². The van der Waals surface area contributed by atoms with Crippen LogP contribution >= 0.6 is 15.9 Å². The van der Waals surface area contributed by atoms with Crippen LogP contribution in [0.15, 0.2) is 28.7 Å². The highest BCUT2D eigenvalue weighted by Crippen LogP contribution is 2.26. The quantitative estimate of drug-likeness (QED) is 0.753. The highest BCUT2D eigenvalue weighted by molar-refractivity contribution is 9.10. The van der Waals surface area contributed by atoms with Crippen LogP contribution < -0.4 is 0 Å². The molecule has 1 aromatic rings. The first-order chi connectivity index (χ1) is 9.11. The summed E-state index contributed by atoms with van der Waals surface area (Å²) in [4.78, 5) is 14.7. The molecule has 0 aromatic heterocycles. The number of carbonyl (C=O) groups excluding carboxylic acids is 1. The van der Waals surface area contributed by atoms with E-state index in [1.54, 1.807) is 0 Å². The number of rotatable bonds is 5. The molecule has 2 rings (SSSR count). The third-order valence-corrected chi connectivity index (χ3v) is 4.66. The number of hydrogen-bond donors (Lipinski definition) is 0. The van der Waals surface area contributed by atoms with E-state index >= 15 is 0 Å². The lowest BCUT2D eigenvalue weighted by atomic mass is 10.1. The van der Waals surface area contributed by atoms with Gasteiger partial charge in [-0.25, -0.2) is 0 Å². The number of Topliss-reactive ketones (excluding diaryl/α,β-unsaturated/α-hetero) is 1. The molecule has 3 heteroatoms. The van der Waals surface area contributed by atoms with Crippen LogP contribution in [0.1, 0.15) is 49.9 Å². The van der Waals surface area contributed by atoms with Gasteiger partial charge in [-0.3, -0.25) is 9.69 Å². The summed E-state index contributed by atoms with van der Waals surface area (Å²) in [5.41, 5.74) is 0.814. The largest absolute Gasteiger partial charge is 0.297 e. The Morgan fingerprint density at radius 1 is 1.42 bits per heavy atom. The molecule has 2 nitrogen and oxygen atoms in total. The molecule has 1 aliphatic rings. The number of likely N-dealkylation sites (tertiary alicyclic amines) is 1. The van der Waals surface area contributed by atoms with Gasteiger partial charge in [0, 0.05) is 35.1 Å². The van der Waals surface area contributed by atoms with Crippen molar-refractivity contribution in [2.45, 2.75) is 51.6 Å². The minimum Gasteiger partial charge on any atom is -0.297 e. The van der Waals surface area contributed by atoms with E-state index in [1.165, 1.54) is 19.3 Å². The smallest absolute Gasteiger partial charge is 0.164 e. The van der Waals surface area contributed by atoms with Gasteiger partial charge in [-0.2, -0.15) is 0 Å². The predicted molar refractivity (Wildman–Crippen MR) is 82.6 cm³/mol. The molecule has 0 radical (unpaired) electrons. The van der Waals surface area contributed by atoms with Crippen molar-refractivity contribution in [2.24, 2.45) is 0 Å². The van der Waals surface area contributed by atoms with Crippen LogP contribution in [0.5, 0.6) is 0 Å². The van der Waals surface area contributed by atoms with Gasteiger partial charge in [0.05, 0.1) is 0 Å². The first-order valence-corrected chi connectivity index (χ1v) is 7.95. The average Bonchev–Trinajstić information content (AvgIpc) is 2.76. The van der Waals surface area contributed by atoms with Gasteiger partial charge in [-0.15, -0.1) is 0 Å². The second kappa shape index (κ2) is 6.67. The fourth-order valence-corrected chi connectivity index (χ4v) is 3.40. The van der Waals surface area contributed by atoms with Crippen molar-refractivity contribution in [1.82, 2.24) is 4.90 Å². The second-order valence-electron chi connectivity index (χ2n) is 5.41. The molecule has 1 saturated heterocycles. The van der Waals surface area contributed by atoms with Crippen LogP contribution in [0.4, 0.5) is 0 Å². The Kier molecular flexibility index (Phi) is 5.17. The van der Waals surface area contributed by atoms with Crippen molar-refractivity contribution in [1.29, 1.82) is 0 Å². The van der Waals surface area contributed by atoms with E-state index in [4.69, 9.17) is 0 Å². The molecule has 2 atom stereocenters. The van der Waals surface area contributed by atoms with Crippen molar-refractivity contribution in [3.63, 3.8) is 0 Å². The molecule has 0 N–H and O–H groups in total. The highest BCUT2D eigenvalue weighted by atomic mass is 79.9. The third-order valence-electron chi connectivity index (χ3n) is 4.17. The molecule has 2 unspecified atom stereocenters. The SMILES string of the molecule is CCC1CCC(C)N1CCC(=O)c1cccc(Br)c1. The Morgan fingerprint density at radius 2 is 2.21 bits per heavy atom. The molecule has 0 saturated carbocycles. The number of ketones is 1. The normalized spacial score (nSPS) is 23.7. The summed E-state index contributed by atoms with van der Waals surface area (Å²) in [7, 11) is 0. The molecule has 0 bridgehead atoms. The zero-order valence-electron chi connectivity index (χ0n) is 11.7. The van der Waals surface area contributed by atoms with E-state index in [2.05, 4.69) is 34.7 Å². The predicted octanol–water partition coefficient (Wildman–Crippen LogP) is 4.28. The number of halogens is 1. The summed E-state index contributed by atoms with van der Waals surface area (Å²) in [6, 6.07) is 8.98. The molecule has 0 amide bonds. The van der Waals surface area contributed by atoms with Crippen LogP contribution in [-0.4, -0.2) is 29.3 Å². The van der Waals surface area contributed by atoms with Crippen LogP contribution in [0.3, 0.4) is 0 Å². The molecular formula is C16H22BrNO. The van der Waals surface area contributed by atoms with Gasteiger partial charge in [-0.05, 0) is 38.3 Å². The van der Waals surface area contributed by atoms with Crippen LogP contribution in [0, 0.1) is 0 Å². The van der Waals surface area contributed by atoms with E-state index in [1.807, 2.05) is 24.3 Å². The fraction of sp³-hybridized carbons (Fsp3) is 0.562. The van der Waals surface area contributed by atoms with Gasteiger partial charge in [-0.1, -0.05) is 35.0 Å². The summed E-state index contributed by atoms with van der Waals surface area (Å²) in [5, 5.41) is 0. The minimum absolute atomic E-state index is 0.246. The molecular weight excluding hydrogens is 302 g/mol. The summed E-state index contributed by atoms with van der Waals surface area (Å²) in [5.74, 6) is 0.246. The van der Waals surface area contributed by atoms with E-state index in [-0.39, 0.29) is 5.78 Å². The van der Waals surface area contributed by atoms with Crippen molar-refractivity contribution < 1.29 is 4.79 Å². The molecule has 0 spiro atoms. The lowest BCUT2D eigenvalue weighted by Gasteiger charge is -2.27. The molecule has 1 aliphatic heterocycles. The monoisotopic (exact) mass is 323 g/mol. The average molecular weight is 324 g/mol. The molecule has 104 valence electrons. The number of hydrogen-bond acceptors (Lipinski definition) is 2. The molecule has 0 aliphatic carbocycles. The maximum Gasteiger partial charge on any atom is 0.164 e. The summed E-state index contributed by atoms with van der Waals surface area (Å²) in [6.45, 7) is 5.41. The number of carbonyl (C=O) groups is 1. The van der Waals surface area contributed by atoms with E-state index in [9.17, 15) is 4.79 Å². The van der Waals surface area contributed by atoms with E-state index in [0.29, 0.717) is 18.5 Å². The lowest BCUT2D eigenvalue weighted by Crippen LogP contribution is -2.35. The van der Waals surface area contributed by atoms with Crippen LogP contribution in [0.2, 0.25) is 0 Å². The lowest BCUT2D eigenvalue weighted by molar-refractivity contribution is 0.0949. The Balaban J connectivity index is 1.93. The van der Waals surface area contributed by atoms with Crippen molar-refractivity contribution in [3.8, 4) is 0 Å². The standard InChI is InChI=1S/C16H22BrNO/c1-3-15-8-7-12(2)18(15)10-9-16(19)13-5-4-6-14(17)11-13/h4-6,11-12,15H,3,7-10H2,1-2H3. The van der Waals surface area contributed by atoms with Gasteiger partial charge in [0.15, 0.2) is 5.78 Å². The second-order valence-corrected chi connectivity index (χ2v) is 6.33. The maximum atomic E-state index is 12.2. The molecule has 1 heterocycles. The van der Waals surface area contributed by atoms with Crippen molar-refractivity contribution in [2.75, 3.05) is 6.54 Å². The zero-order valence-corrected chi connectivity index (χ0v) is 13.3. The first kappa shape index (κ1) is 14.7. The Labute approximate surface area is 124 Å². The number of benzene rings is 1. The van der Waals surface area contributed by atoms with Crippen LogP contribution in [0.25, 0.3) is 0 Å². The minimum atomic E-state index is 0.246. The maximum absolute atomic E-state index is 12.2. The Morgan fingerprint density at radius 3 is 2.89 bits per heavy atom. The summed E-state index contributed by atoms with van der Waals surface area (Å²) >= 11 is 3.42. The molecule has 1 aromatic carbocycles. The van der Waals surface area contributed by atoms with Crippen molar-refractivity contribution in [3.05, 3.63) is 34.3 Å². The van der Waals surface area contributed by atoms with Gasteiger partial charge >= 0.3 is 0 Å². The molecule has 1 fully saturated rings. The van der Waals surface area contributed by atoms with Gasteiger partial charge in [0.1, 0.15) is 0 Å². The summed E-state index contributed by atoms with van der Waals surface area (Å²) < 4.78 is 0.972. The van der Waals surface area contributed by atoms with Crippen molar-refractivity contribution >= 4 is 21.7 Å².